The summed E-state index contributed by atoms with van der Waals surface area (Å²) in [4.78, 5) is 29.0. The van der Waals surface area contributed by atoms with E-state index in [0.29, 0.717) is 11.0 Å². The molecular formula is C10H14N4O2S. The van der Waals surface area contributed by atoms with Crippen LogP contribution >= 0.6 is 11.5 Å². The minimum atomic E-state index is -0.503. The number of nitrogens with one attached hydrogen (secondary N) is 1. The van der Waals surface area contributed by atoms with E-state index in [1.165, 1.54) is 16.4 Å². The highest BCUT2D eigenvalue weighted by atomic mass is 32.1. The number of anilines is 1. The van der Waals surface area contributed by atoms with Crippen molar-refractivity contribution in [2.24, 2.45) is 0 Å². The number of likely N-dealkylation sites (tertiary alicyclic amines) is 1. The number of carbonyl (C=O) groups is 2. The topological polar surface area (TPSA) is 75.2 Å². The second-order valence-corrected chi connectivity index (χ2v) is 5.00. The molecule has 1 fully saturated rings. The number of nitrogens with zero attached hydrogens (tertiary/aromatic N) is 3. The van der Waals surface area contributed by atoms with Gasteiger partial charge in [0.15, 0.2) is 0 Å². The van der Waals surface area contributed by atoms with Crippen LogP contribution in [0.2, 0.25) is 0 Å². The fourth-order valence-electron chi connectivity index (χ4n) is 1.81. The third kappa shape index (κ3) is 2.28. The second kappa shape index (κ2) is 4.40. The quantitative estimate of drug-likeness (QED) is 0.807. The highest BCUT2D eigenvalue weighted by Gasteiger charge is 2.40. The Balaban J connectivity index is 2.09. The van der Waals surface area contributed by atoms with Crippen molar-refractivity contribution < 1.29 is 9.59 Å². The minimum absolute atomic E-state index is 0.0991. The SMILES string of the molecule is Cc1nsc(NC2CC(=O)N(C(C)C)C2=O)n1. The van der Waals surface area contributed by atoms with Crippen molar-refractivity contribution in [2.45, 2.75) is 39.3 Å². The minimum Gasteiger partial charge on any atom is -0.348 e. The molecule has 0 saturated carbocycles. The zero-order valence-electron chi connectivity index (χ0n) is 9.93. The summed E-state index contributed by atoms with van der Waals surface area (Å²) < 4.78 is 4.02. The van der Waals surface area contributed by atoms with Gasteiger partial charge < -0.3 is 5.32 Å². The number of carbonyl (C=O) groups excluding carboxylic acids is 2. The molecule has 92 valence electrons. The second-order valence-electron chi connectivity index (χ2n) is 4.24. The van der Waals surface area contributed by atoms with Crippen LogP contribution in [-0.2, 0) is 9.59 Å². The van der Waals surface area contributed by atoms with Gasteiger partial charge in [-0.15, -0.1) is 0 Å². The molecule has 2 rings (SSSR count). The molecule has 1 aromatic rings. The Kier molecular flexibility index (Phi) is 3.10. The highest BCUT2D eigenvalue weighted by Crippen LogP contribution is 2.21. The van der Waals surface area contributed by atoms with E-state index in [2.05, 4.69) is 14.7 Å². The van der Waals surface area contributed by atoms with E-state index in [1.54, 1.807) is 6.92 Å². The fraction of sp³-hybridized carbons (Fsp3) is 0.600. The van der Waals surface area contributed by atoms with Crippen molar-refractivity contribution in [2.75, 3.05) is 5.32 Å². The van der Waals surface area contributed by atoms with Crippen LogP contribution in [0.3, 0.4) is 0 Å². The molecule has 1 atom stereocenters. The lowest BCUT2D eigenvalue weighted by Gasteiger charge is -2.18. The zero-order chi connectivity index (χ0) is 12.6. The Bertz CT molecular complexity index is 457. The molecule has 6 nitrogen and oxygen atoms in total. The molecule has 17 heavy (non-hydrogen) atoms. The van der Waals surface area contributed by atoms with Crippen molar-refractivity contribution in [3.05, 3.63) is 5.82 Å². The molecule has 1 unspecified atom stereocenters. The molecule has 0 radical (unpaired) electrons. The standard InChI is InChI=1S/C10H14N4O2S/c1-5(2)14-8(15)4-7(9(14)16)12-10-11-6(3)13-17-10/h5,7H,4H2,1-3H3,(H,11,12,13). The zero-order valence-corrected chi connectivity index (χ0v) is 10.7. The normalized spacial score (nSPS) is 20.5. The molecule has 7 heteroatoms. The van der Waals surface area contributed by atoms with Crippen molar-refractivity contribution in [3.63, 3.8) is 0 Å². The summed E-state index contributed by atoms with van der Waals surface area (Å²) in [7, 11) is 0. The van der Waals surface area contributed by atoms with Gasteiger partial charge in [0.1, 0.15) is 11.9 Å². The number of hydrogen-bond donors (Lipinski definition) is 1. The lowest BCUT2D eigenvalue weighted by molar-refractivity contribution is -0.140. The Morgan fingerprint density at radius 2 is 2.18 bits per heavy atom. The Labute approximate surface area is 103 Å². The molecule has 0 bridgehead atoms. The van der Waals surface area contributed by atoms with Gasteiger partial charge in [0.25, 0.3) is 5.91 Å². The van der Waals surface area contributed by atoms with E-state index >= 15 is 0 Å². The molecule has 0 aromatic carbocycles. The van der Waals surface area contributed by atoms with Crippen molar-refractivity contribution >= 4 is 28.5 Å². The van der Waals surface area contributed by atoms with Crippen LogP contribution < -0.4 is 5.32 Å². The lowest BCUT2D eigenvalue weighted by Crippen LogP contribution is -2.39. The average Bonchev–Trinajstić information content (AvgIpc) is 2.73. The molecule has 1 N–H and O–H groups in total. The van der Waals surface area contributed by atoms with Gasteiger partial charge >= 0.3 is 0 Å². The average molecular weight is 254 g/mol. The molecule has 1 aliphatic heterocycles. The van der Waals surface area contributed by atoms with Crippen LogP contribution in [0.25, 0.3) is 0 Å². The highest BCUT2D eigenvalue weighted by molar-refractivity contribution is 7.09. The first-order valence-corrected chi connectivity index (χ1v) is 6.19. The van der Waals surface area contributed by atoms with Crippen LogP contribution in [-0.4, -0.2) is 38.2 Å². The molecule has 0 spiro atoms. The van der Waals surface area contributed by atoms with Gasteiger partial charge in [0, 0.05) is 17.6 Å². The first-order chi connectivity index (χ1) is 7.99. The number of imide groups is 1. The van der Waals surface area contributed by atoms with Gasteiger partial charge in [0.05, 0.1) is 6.42 Å². The summed E-state index contributed by atoms with van der Waals surface area (Å²) in [5, 5.41) is 3.54. The Hall–Kier alpha value is -1.50. The van der Waals surface area contributed by atoms with Crippen LogP contribution in [0.5, 0.6) is 0 Å². The van der Waals surface area contributed by atoms with E-state index < -0.39 is 6.04 Å². The van der Waals surface area contributed by atoms with E-state index in [-0.39, 0.29) is 24.3 Å². The number of aromatic nitrogens is 2. The maximum absolute atomic E-state index is 12.0. The molecule has 1 saturated heterocycles. The summed E-state index contributed by atoms with van der Waals surface area (Å²) in [6, 6.07) is -0.602. The lowest BCUT2D eigenvalue weighted by atomic mass is 10.2. The fourth-order valence-corrected chi connectivity index (χ4v) is 2.44. The van der Waals surface area contributed by atoms with Crippen LogP contribution in [0.4, 0.5) is 5.13 Å². The maximum Gasteiger partial charge on any atom is 0.252 e. The number of amides is 2. The largest absolute Gasteiger partial charge is 0.348 e. The monoisotopic (exact) mass is 254 g/mol. The first-order valence-electron chi connectivity index (χ1n) is 5.42. The summed E-state index contributed by atoms with van der Waals surface area (Å²) in [5.41, 5.74) is 0. The summed E-state index contributed by atoms with van der Waals surface area (Å²) in [5.74, 6) is 0.344. The molecule has 0 aliphatic carbocycles. The summed E-state index contributed by atoms with van der Waals surface area (Å²) in [6.07, 6.45) is 0.190. The van der Waals surface area contributed by atoms with Crippen LogP contribution in [0.1, 0.15) is 26.1 Å². The smallest absolute Gasteiger partial charge is 0.252 e. The van der Waals surface area contributed by atoms with E-state index in [9.17, 15) is 9.59 Å². The molecule has 1 aromatic heterocycles. The molecule has 1 aliphatic rings. The predicted molar refractivity (Wildman–Crippen MR) is 63.7 cm³/mol. The molecular weight excluding hydrogens is 240 g/mol. The van der Waals surface area contributed by atoms with Gasteiger partial charge in [0.2, 0.25) is 11.0 Å². The molecule has 2 heterocycles. The van der Waals surface area contributed by atoms with E-state index in [0.717, 1.165) is 0 Å². The van der Waals surface area contributed by atoms with E-state index in [1.807, 2.05) is 13.8 Å². The Morgan fingerprint density at radius 3 is 2.65 bits per heavy atom. The van der Waals surface area contributed by atoms with Crippen molar-refractivity contribution in [1.82, 2.24) is 14.3 Å². The number of hydrogen-bond acceptors (Lipinski definition) is 6. The third-order valence-electron chi connectivity index (χ3n) is 2.52. The van der Waals surface area contributed by atoms with Crippen LogP contribution in [0, 0.1) is 6.92 Å². The van der Waals surface area contributed by atoms with Gasteiger partial charge in [-0.25, -0.2) is 4.98 Å². The van der Waals surface area contributed by atoms with Gasteiger partial charge in [-0.2, -0.15) is 4.37 Å². The van der Waals surface area contributed by atoms with E-state index in [4.69, 9.17) is 0 Å². The van der Waals surface area contributed by atoms with Crippen LogP contribution in [0.15, 0.2) is 0 Å². The number of aryl methyl sites for hydroxylation is 1. The first kappa shape index (κ1) is 12.0. The maximum atomic E-state index is 12.0. The Morgan fingerprint density at radius 1 is 1.47 bits per heavy atom. The van der Waals surface area contributed by atoms with Gasteiger partial charge in [-0.05, 0) is 20.8 Å². The third-order valence-corrected chi connectivity index (χ3v) is 3.26. The van der Waals surface area contributed by atoms with Crippen molar-refractivity contribution in [1.29, 1.82) is 0 Å². The molecule has 2 amide bonds. The van der Waals surface area contributed by atoms with Gasteiger partial charge in [-0.1, -0.05) is 0 Å². The van der Waals surface area contributed by atoms with Crippen molar-refractivity contribution in [3.8, 4) is 0 Å². The van der Waals surface area contributed by atoms with Gasteiger partial charge in [-0.3, -0.25) is 14.5 Å². The number of rotatable bonds is 3. The summed E-state index contributed by atoms with van der Waals surface area (Å²) >= 11 is 1.20. The predicted octanol–water partition coefficient (Wildman–Crippen LogP) is 0.794. The summed E-state index contributed by atoms with van der Waals surface area (Å²) in [6.45, 7) is 5.43.